The van der Waals surface area contributed by atoms with Gasteiger partial charge < -0.3 is 0 Å². The van der Waals surface area contributed by atoms with Crippen LogP contribution in [0.25, 0.3) is 0 Å². The van der Waals surface area contributed by atoms with Crippen LogP contribution in [0.1, 0.15) is 39.0 Å². The molecular weight excluding hydrogens is 230 g/mol. The fourth-order valence-corrected chi connectivity index (χ4v) is 4.51. The molecule has 1 N–H and O–H groups in total. The Kier molecular flexibility index (Phi) is 6.17. The zero-order valence-corrected chi connectivity index (χ0v) is 10.6. The van der Waals surface area contributed by atoms with Crippen LogP contribution in [0.5, 0.6) is 0 Å². The average molecular weight is 247 g/mol. The first kappa shape index (κ1) is 12.9. The molecule has 0 aromatic heterocycles. The van der Waals surface area contributed by atoms with Crippen molar-refractivity contribution >= 4 is 33.4 Å². The van der Waals surface area contributed by atoms with Crippen molar-refractivity contribution in [3.05, 3.63) is 0 Å². The van der Waals surface area contributed by atoms with E-state index in [9.17, 15) is 9.59 Å². The van der Waals surface area contributed by atoms with Crippen LogP contribution >= 0.6 is 21.6 Å². The van der Waals surface area contributed by atoms with Gasteiger partial charge in [0.15, 0.2) is 0 Å². The van der Waals surface area contributed by atoms with Gasteiger partial charge >= 0.3 is 0 Å². The molecule has 15 heavy (non-hydrogen) atoms. The molecule has 0 aromatic rings. The van der Waals surface area contributed by atoms with Crippen LogP contribution in [-0.2, 0) is 9.59 Å². The van der Waals surface area contributed by atoms with Gasteiger partial charge in [-0.2, -0.15) is 0 Å². The Hall–Kier alpha value is -0.160. The molecule has 5 heteroatoms. The maximum absolute atomic E-state index is 11.1. The largest absolute Gasteiger partial charge is 0.297 e. The number of carbonyl (C=O) groups is 2. The van der Waals surface area contributed by atoms with Crippen molar-refractivity contribution < 1.29 is 9.59 Å². The smallest absolute Gasteiger partial charge is 0.226 e. The van der Waals surface area contributed by atoms with Crippen LogP contribution in [0.2, 0.25) is 0 Å². The average Bonchev–Trinajstić information content (AvgIpc) is 2.63. The molecule has 0 saturated carbocycles. The number of imide groups is 1. The summed E-state index contributed by atoms with van der Waals surface area (Å²) >= 11 is 0. The van der Waals surface area contributed by atoms with E-state index in [-0.39, 0.29) is 11.8 Å². The van der Waals surface area contributed by atoms with E-state index in [4.69, 9.17) is 0 Å². The molecule has 1 fully saturated rings. The monoisotopic (exact) mass is 247 g/mol. The van der Waals surface area contributed by atoms with Crippen LogP contribution in [0.3, 0.4) is 0 Å². The van der Waals surface area contributed by atoms with E-state index in [1.165, 1.54) is 25.5 Å². The highest BCUT2D eigenvalue weighted by Gasteiger charge is 2.15. The highest BCUT2D eigenvalue weighted by Crippen LogP contribution is 2.39. The van der Waals surface area contributed by atoms with Crippen molar-refractivity contribution in [1.82, 2.24) is 5.32 Å². The van der Waals surface area contributed by atoms with Crippen LogP contribution in [0.4, 0.5) is 0 Å². The first-order valence-electron chi connectivity index (χ1n) is 5.27. The van der Waals surface area contributed by atoms with Crippen LogP contribution < -0.4 is 5.32 Å². The van der Waals surface area contributed by atoms with Crippen LogP contribution in [0.15, 0.2) is 0 Å². The van der Waals surface area contributed by atoms with Gasteiger partial charge in [-0.05, 0) is 19.3 Å². The molecule has 0 radical (unpaired) electrons. The van der Waals surface area contributed by atoms with Gasteiger partial charge in [-0.3, -0.25) is 14.9 Å². The van der Waals surface area contributed by atoms with E-state index < -0.39 is 0 Å². The number of hydrogen-bond donors (Lipinski definition) is 1. The molecule has 1 atom stereocenters. The van der Waals surface area contributed by atoms with Gasteiger partial charge in [0.1, 0.15) is 0 Å². The molecule has 0 aromatic carbocycles. The molecule has 1 rings (SSSR count). The minimum absolute atomic E-state index is 0.143. The quantitative estimate of drug-likeness (QED) is 0.598. The summed E-state index contributed by atoms with van der Waals surface area (Å²) in [6.07, 6.45) is 4.95. The van der Waals surface area contributed by atoms with E-state index in [0.717, 1.165) is 18.1 Å². The minimum Gasteiger partial charge on any atom is -0.297 e. The number of rotatable bonds is 5. The summed E-state index contributed by atoms with van der Waals surface area (Å²) in [5.41, 5.74) is 0. The van der Waals surface area contributed by atoms with Gasteiger partial charge in [0.2, 0.25) is 11.8 Å². The Balaban J connectivity index is 1.96. The first-order valence-corrected chi connectivity index (χ1v) is 7.65. The molecule has 0 bridgehead atoms. The Bertz CT molecular complexity index is 227. The van der Waals surface area contributed by atoms with E-state index in [0.29, 0.717) is 6.42 Å². The Morgan fingerprint density at radius 1 is 1.40 bits per heavy atom. The number of carbonyl (C=O) groups excluding carboxylic acids is 2. The number of nitrogens with one attached hydrogen (secondary N) is 1. The molecule has 1 heterocycles. The number of hydrogen-bond acceptors (Lipinski definition) is 4. The van der Waals surface area contributed by atoms with E-state index in [2.05, 4.69) is 5.32 Å². The summed E-state index contributed by atoms with van der Waals surface area (Å²) in [6, 6.07) is 0. The van der Waals surface area contributed by atoms with E-state index in [1.54, 1.807) is 0 Å². The van der Waals surface area contributed by atoms with E-state index in [1.807, 2.05) is 21.6 Å². The van der Waals surface area contributed by atoms with Crippen molar-refractivity contribution in [3.63, 3.8) is 0 Å². The summed E-state index contributed by atoms with van der Waals surface area (Å²) in [6.45, 7) is 1.37. The zero-order valence-electron chi connectivity index (χ0n) is 8.95. The second-order valence-electron chi connectivity index (χ2n) is 3.68. The highest BCUT2D eigenvalue weighted by atomic mass is 33.1. The number of amides is 2. The van der Waals surface area contributed by atoms with Crippen LogP contribution in [0, 0.1) is 0 Å². The normalized spacial score (nSPS) is 20.2. The summed E-state index contributed by atoms with van der Waals surface area (Å²) in [5.74, 6) is 0.860. The maximum atomic E-state index is 11.1. The zero-order chi connectivity index (χ0) is 11.1. The van der Waals surface area contributed by atoms with Crippen molar-refractivity contribution in [2.45, 2.75) is 44.3 Å². The predicted octanol–water partition coefficient (Wildman–Crippen LogP) is 2.36. The topological polar surface area (TPSA) is 46.2 Å². The molecule has 0 aliphatic carbocycles. The lowest BCUT2D eigenvalue weighted by molar-refractivity contribution is -0.129. The third kappa shape index (κ3) is 6.10. The SMILES string of the molecule is CC(=O)NC(=O)CCCCC1CCSS1. The minimum atomic E-state index is -0.261. The van der Waals surface area contributed by atoms with Gasteiger partial charge in [0, 0.05) is 24.3 Å². The summed E-state index contributed by atoms with van der Waals surface area (Å²) < 4.78 is 0. The third-order valence-electron chi connectivity index (χ3n) is 2.22. The Morgan fingerprint density at radius 3 is 2.80 bits per heavy atom. The second kappa shape index (κ2) is 7.17. The van der Waals surface area contributed by atoms with Crippen molar-refractivity contribution in [2.24, 2.45) is 0 Å². The third-order valence-corrected chi connectivity index (χ3v) is 5.23. The molecule has 3 nitrogen and oxygen atoms in total. The van der Waals surface area contributed by atoms with Crippen molar-refractivity contribution in [3.8, 4) is 0 Å². The number of unbranched alkanes of at least 4 members (excludes halogenated alkanes) is 1. The first-order chi connectivity index (χ1) is 7.18. The van der Waals surface area contributed by atoms with Crippen molar-refractivity contribution in [2.75, 3.05) is 5.75 Å². The molecule has 1 unspecified atom stereocenters. The predicted molar refractivity (Wildman–Crippen MR) is 65.7 cm³/mol. The van der Waals surface area contributed by atoms with Gasteiger partial charge in [0.25, 0.3) is 0 Å². The maximum Gasteiger partial charge on any atom is 0.226 e. The second-order valence-corrected chi connectivity index (χ2v) is 6.47. The summed E-state index contributed by atoms with van der Waals surface area (Å²) in [7, 11) is 3.92. The highest BCUT2D eigenvalue weighted by molar-refractivity contribution is 8.77. The van der Waals surface area contributed by atoms with Crippen LogP contribution in [-0.4, -0.2) is 22.8 Å². The molecule has 86 valence electrons. The summed E-state index contributed by atoms with van der Waals surface area (Å²) in [5, 5.41) is 3.07. The van der Waals surface area contributed by atoms with Gasteiger partial charge in [-0.1, -0.05) is 28.0 Å². The van der Waals surface area contributed by atoms with E-state index >= 15 is 0 Å². The Labute approximate surface area is 98.5 Å². The lowest BCUT2D eigenvalue weighted by Gasteiger charge is -2.06. The standard InChI is InChI=1S/C10H17NO2S2/c1-8(12)11-10(13)5-3-2-4-9-6-7-14-15-9/h9H,2-7H2,1H3,(H,11,12,13). The van der Waals surface area contributed by atoms with Crippen molar-refractivity contribution in [1.29, 1.82) is 0 Å². The molecule has 1 aliphatic heterocycles. The molecule has 1 saturated heterocycles. The fourth-order valence-electron chi connectivity index (χ4n) is 1.48. The fraction of sp³-hybridized carbons (Fsp3) is 0.800. The molecule has 1 aliphatic rings. The van der Waals surface area contributed by atoms with Gasteiger partial charge in [-0.25, -0.2) is 0 Å². The lowest BCUT2D eigenvalue weighted by Crippen LogP contribution is -2.27. The van der Waals surface area contributed by atoms with Gasteiger partial charge in [0.05, 0.1) is 0 Å². The van der Waals surface area contributed by atoms with Gasteiger partial charge in [-0.15, -0.1) is 0 Å². The molecular formula is C10H17NO2S2. The molecule has 2 amide bonds. The summed E-state index contributed by atoms with van der Waals surface area (Å²) in [4.78, 5) is 21.7. The lowest BCUT2D eigenvalue weighted by atomic mass is 10.1. The Morgan fingerprint density at radius 2 is 2.20 bits per heavy atom. The molecule has 0 spiro atoms.